The van der Waals surface area contributed by atoms with E-state index in [0.29, 0.717) is 96.1 Å². The van der Waals surface area contributed by atoms with E-state index >= 15 is 0 Å². The van der Waals surface area contributed by atoms with Crippen molar-refractivity contribution in [3.63, 3.8) is 0 Å². The highest BCUT2D eigenvalue weighted by Gasteiger charge is 2.71. The summed E-state index contributed by atoms with van der Waals surface area (Å²) < 4.78 is 128. The second-order valence-electron chi connectivity index (χ2n) is 39.8. The number of fused-ring (bicyclic) bond motifs is 12. The van der Waals surface area contributed by atoms with Gasteiger partial charge in [0.2, 0.25) is 0 Å². The molecule has 20 aliphatic rings. The largest absolute Gasteiger partial charge is 0.432 e. The number of ketones is 2. The quantitative estimate of drug-likeness (QED) is 0.0547. The molecule has 20 heterocycles. The first-order valence-electron chi connectivity index (χ1n) is 45.1. The molecule has 116 heavy (non-hydrogen) atoms. The second-order valence-corrected chi connectivity index (χ2v) is 48.0. The van der Waals surface area contributed by atoms with Gasteiger partial charge in [0.05, 0.1) is 134 Å². The first kappa shape index (κ1) is 85.9. The summed E-state index contributed by atoms with van der Waals surface area (Å²) >= 11 is 0. The van der Waals surface area contributed by atoms with Gasteiger partial charge in [0.15, 0.2) is 28.2 Å². The molecule has 20 rings (SSSR count). The molecule has 0 aliphatic carbocycles. The zero-order valence-electron chi connectivity index (χ0n) is 70.2. The maximum atomic E-state index is 14.3. The fourth-order valence-electron chi connectivity index (χ4n) is 23.8. The number of carbonyl (C=O) groups is 2. The lowest BCUT2D eigenvalue weighted by Gasteiger charge is -2.47. The van der Waals surface area contributed by atoms with Crippen LogP contribution in [-0.2, 0) is 99.6 Å². The molecule has 652 valence electrons. The van der Waals surface area contributed by atoms with Crippen LogP contribution in [-0.4, -0.2) is 290 Å². The lowest BCUT2D eigenvalue weighted by Crippen LogP contribution is -2.61. The summed E-state index contributed by atoms with van der Waals surface area (Å²) in [5, 5.41) is 14.5. The van der Waals surface area contributed by atoms with E-state index in [9.17, 15) is 24.3 Å². The molecule has 20 aliphatic heterocycles. The minimum Gasteiger partial charge on any atom is -0.432 e. The summed E-state index contributed by atoms with van der Waals surface area (Å²) in [6.45, 7) is 31.8. The summed E-state index contributed by atoms with van der Waals surface area (Å²) in [4.78, 5) is 49.2. The van der Waals surface area contributed by atoms with Gasteiger partial charge in [-0.25, -0.2) is 0 Å². The zero-order chi connectivity index (χ0) is 81.0. The Hall–Kier alpha value is -2.23. The first-order chi connectivity index (χ1) is 55.5. The third-order valence-electron chi connectivity index (χ3n) is 30.0. The number of ether oxygens (including phenoxy) is 19. The number of carbonyl (C=O) groups excluding carboxylic acids is 2. The van der Waals surface area contributed by atoms with Crippen LogP contribution in [0.15, 0.2) is 48.6 Å². The maximum absolute atomic E-state index is 14.3. The van der Waals surface area contributed by atoms with Crippen LogP contribution in [0.4, 0.5) is 0 Å². The van der Waals surface area contributed by atoms with Gasteiger partial charge in [0.1, 0.15) is 72.6 Å². The molecule has 0 aromatic rings. The minimum absolute atomic E-state index is 0.0208. The molecule has 20 fully saturated rings. The van der Waals surface area contributed by atoms with E-state index in [-0.39, 0.29) is 238 Å². The predicted octanol–water partition coefficient (Wildman–Crippen LogP) is 8.93. The molecular weight excluding hydrogens is 1530 g/mol. The lowest BCUT2D eigenvalue weighted by molar-refractivity contribution is -0.292. The van der Waals surface area contributed by atoms with Gasteiger partial charge in [0.25, 0.3) is 0 Å². The molecule has 0 radical (unpaired) electrons. The Kier molecular flexibility index (Phi) is 26.1. The van der Waals surface area contributed by atoms with Crippen molar-refractivity contribution in [3.8, 4) is 0 Å². The predicted molar refractivity (Wildman–Crippen MR) is 429 cm³/mol. The highest BCUT2D eigenvalue weighted by Crippen LogP contribution is 2.58. The highest BCUT2D eigenvalue weighted by molar-refractivity contribution is 6.70. The lowest BCUT2D eigenvalue weighted by atomic mass is 9.81. The summed E-state index contributed by atoms with van der Waals surface area (Å²) in [7, 11) is -1.09. The van der Waals surface area contributed by atoms with Gasteiger partial charge in [-0.15, -0.1) is 0 Å². The Balaban J connectivity index is 0.000000167. The van der Waals surface area contributed by atoms with Crippen molar-refractivity contribution in [2.75, 3.05) is 40.5 Å². The van der Waals surface area contributed by atoms with E-state index < -0.39 is 46.5 Å². The van der Waals surface area contributed by atoms with Crippen LogP contribution in [0.2, 0.25) is 38.3 Å². The number of aliphatic hydroxyl groups excluding tert-OH is 1. The third kappa shape index (κ3) is 18.4. The molecule has 2 spiro atoms. The molecule has 0 amide bonds. The van der Waals surface area contributed by atoms with Crippen LogP contribution in [0.5, 0.6) is 0 Å². The van der Waals surface area contributed by atoms with Crippen LogP contribution in [0, 0.1) is 23.7 Å². The van der Waals surface area contributed by atoms with Crippen molar-refractivity contribution in [1.29, 1.82) is 0 Å². The number of methoxy groups -OCH3 is 2. The fourth-order valence-corrected chi connectivity index (χ4v) is 25.2. The molecule has 4 unspecified atom stereocenters. The van der Waals surface area contributed by atoms with E-state index in [1.165, 1.54) is 0 Å². The van der Waals surface area contributed by atoms with Gasteiger partial charge >= 0.3 is 0 Å². The average Bonchev–Trinajstić information content (AvgIpc) is 1.55. The van der Waals surface area contributed by atoms with E-state index in [1.54, 1.807) is 14.2 Å². The van der Waals surface area contributed by atoms with Gasteiger partial charge in [-0.1, -0.05) is 40.2 Å². The average molecular weight is 1660 g/mol. The Bertz CT molecular complexity index is 3490. The molecule has 38 atom stereocenters. The van der Waals surface area contributed by atoms with Crippen LogP contribution in [0.3, 0.4) is 0 Å². The third-order valence-corrected chi connectivity index (χ3v) is 32.9. The van der Waals surface area contributed by atoms with Crippen LogP contribution in [0.25, 0.3) is 0 Å². The van der Waals surface area contributed by atoms with Crippen molar-refractivity contribution in [2.45, 2.75) is 426 Å². The van der Waals surface area contributed by atoms with Crippen molar-refractivity contribution in [2.24, 2.45) is 29.4 Å². The van der Waals surface area contributed by atoms with Gasteiger partial charge in [-0.05, 0) is 169 Å². The van der Waals surface area contributed by atoms with Gasteiger partial charge in [-0.2, -0.15) is 0 Å². The van der Waals surface area contributed by atoms with E-state index in [4.69, 9.17) is 95.7 Å². The SMILES string of the molecule is C=C1C[C@@H]2CC[C@@]34C[C@H]5OC6[C@@H](O[C@H]7CC[C@H](CC(=O)C[C@@H]8[C@@H](OC)[C@@H](C[C@@H](CN)OCC[Si](C)(C)O)O[C@H]8C[C@H]8O[C@@H](CC[C@@H]1O2)C[C@@H](C)C8=C)O[C@@H]7[C@@H]6O3)C5O4.C=C1C[C@@H]2CC[C@@]34C[C@H]5OC6[C@@H](O[C@H]7CC[C@H](CC(=O)C[C@@H]8[C@@H](OC)[C@@H](C[C@H](O)CNCC[Si](C)(C)O)O[C@H]8C[C@H]8O[C@@H](CC[C@@H]1O2)C[C@@H](C)C8=C)O[C@@H]7[C@@H]6O3)C5O4. The van der Waals surface area contributed by atoms with E-state index in [2.05, 4.69) is 45.5 Å². The monoisotopic (exact) mass is 1660 g/mol. The molecule has 28 heteroatoms. The molecule has 0 aromatic carbocycles. The standard InChI is InChI=1S/2C44H69NO12Si/c1-23-15-28-7-9-32-24(2)16-30(50-32)11-12-44-21-37-40(56-44)41-42(55-37)43(57-44)39-33(54-41)10-8-29(52-39)17-26(46)18-31-35(20-34(51-28)25(23)3)53-36(38(31)49-4)19-27(47)22-45-13-14-58(5,6)48;1-23-15-27-7-9-32-24(2)16-29(50-32)11-12-44-21-37-40(56-44)41-42(55-37)43(57-44)39-33(54-41)10-8-28(52-39)17-26(46)18-31-35(20-34(51-27)25(23)3)53-36(38(31)48-4)19-30(22-45)49-13-14-58(5,6)47/h23,27-43,45,47-48H,2-3,7-22H2,1,4-6H3;23,27-43,47H,2-3,7-22,45H2,1,4-6H3/t23-,27+,28+,29-,30+,31+,32+,33+,34-,35+,36-,37-,38-,39+,40?,41+,42?,43+,44+;23-,27+,28-,29+,30+,31+,32+,33+,34-,35+,36-,37-,38-,39+,40?,41+,42?,43+,44+/m11/s1. The molecule has 6 N–H and O–H groups in total. The fraction of sp³-hybridized carbons (Fsp3) is 0.886. The zero-order valence-corrected chi connectivity index (χ0v) is 72.2. The molecule has 26 nitrogen and oxygen atoms in total. The Labute approximate surface area is 688 Å². The summed E-state index contributed by atoms with van der Waals surface area (Å²) in [5.74, 6) is -1.26. The first-order valence-corrected chi connectivity index (χ1v) is 51.4. The summed E-state index contributed by atoms with van der Waals surface area (Å²) in [5.41, 5.74) is 10.6. The van der Waals surface area contributed by atoms with Crippen LogP contribution < -0.4 is 11.1 Å². The second kappa shape index (κ2) is 35.3. The minimum atomic E-state index is -2.28. The van der Waals surface area contributed by atoms with Gasteiger partial charge in [0, 0.05) is 123 Å². The van der Waals surface area contributed by atoms with Crippen LogP contribution in [0.1, 0.15) is 181 Å². The van der Waals surface area contributed by atoms with Crippen molar-refractivity contribution < 1.29 is 114 Å². The summed E-state index contributed by atoms with van der Waals surface area (Å²) in [6.07, 6.45) is 10.2. The van der Waals surface area contributed by atoms with Crippen molar-refractivity contribution in [1.82, 2.24) is 5.32 Å². The number of hydrogen-bond donors (Lipinski definition) is 5. The number of rotatable bonds is 16. The molecule has 24 bridgehead atoms. The number of nitrogens with two attached hydrogens (primary N) is 1. The Morgan fingerprint density at radius 2 is 0.888 bits per heavy atom. The normalized spacial score (nSPS) is 48.5. The number of hydrogen-bond acceptors (Lipinski definition) is 26. The van der Waals surface area contributed by atoms with Crippen molar-refractivity contribution >= 4 is 28.2 Å². The van der Waals surface area contributed by atoms with Crippen molar-refractivity contribution in [3.05, 3.63) is 48.6 Å². The van der Waals surface area contributed by atoms with Gasteiger partial charge in [-0.3, -0.25) is 9.59 Å². The smallest absolute Gasteiger partial charge is 0.184 e. The molecule has 0 saturated carbocycles. The van der Waals surface area contributed by atoms with Crippen LogP contribution >= 0.6 is 0 Å². The Morgan fingerprint density at radius 3 is 1.34 bits per heavy atom. The Morgan fingerprint density at radius 1 is 0.466 bits per heavy atom. The molecule has 0 aromatic heterocycles. The van der Waals surface area contributed by atoms with E-state index in [0.717, 1.165) is 106 Å². The maximum Gasteiger partial charge on any atom is 0.184 e. The molecule has 20 saturated heterocycles. The number of nitrogens with one attached hydrogen (secondary N) is 1. The van der Waals surface area contributed by atoms with E-state index in [1.807, 2.05) is 26.2 Å². The molecular formula is C88H138N2O24Si2. The van der Waals surface area contributed by atoms with Gasteiger partial charge < -0.3 is 116 Å². The topological polar surface area (TPSA) is 308 Å². The highest BCUT2D eigenvalue weighted by atomic mass is 28.4. The number of Topliss-reactive ketones (excluding diaryl/α,β-unsaturated/α-hetero) is 2. The number of aliphatic hydroxyl groups is 1. The summed E-state index contributed by atoms with van der Waals surface area (Å²) in [6, 6.07) is 1.33.